The number of fused-ring (bicyclic) bond motifs is 1. The van der Waals surface area contributed by atoms with Crippen LogP contribution in [0.5, 0.6) is 0 Å². The van der Waals surface area contributed by atoms with E-state index in [4.69, 9.17) is 10.5 Å². The molecule has 1 N–H and O–H groups in total. The number of aromatic nitrogens is 3. The van der Waals surface area contributed by atoms with Gasteiger partial charge in [-0.1, -0.05) is 12.1 Å². The molecule has 0 unspecified atom stereocenters. The molecule has 0 saturated heterocycles. The minimum atomic E-state index is 0.0180. The molecule has 0 aliphatic rings. The van der Waals surface area contributed by atoms with Crippen molar-refractivity contribution in [3.05, 3.63) is 60.1 Å². The smallest absolute Gasteiger partial charge is 0.155 e. The number of hydrogen-bond donors (Lipinski definition) is 1. The van der Waals surface area contributed by atoms with E-state index in [9.17, 15) is 0 Å². The van der Waals surface area contributed by atoms with Crippen LogP contribution >= 0.6 is 0 Å². The molecule has 2 heterocycles. The minimum Gasteiger partial charge on any atom is -0.360 e. The van der Waals surface area contributed by atoms with E-state index in [1.165, 1.54) is 6.20 Å². The molecule has 23 heavy (non-hydrogen) atoms. The predicted molar refractivity (Wildman–Crippen MR) is 86.1 cm³/mol. The lowest BCUT2D eigenvalue weighted by molar-refractivity contribution is 0.925. The third-order valence-corrected chi connectivity index (χ3v) is 3.26. The van der Waals surface area contributed by atoms with E-state index in [2.05, 4.69) is 15.4 Å². The molecule has 0 aliphatic carbocycles. The van der Waals surface area contributed by atoms with Crippen molar-refractivity contribution >= 4 is 11.3 Å². The maximum Gasteiger partial charge on any atom is 0.155 e. The van der Waals surface area contributed by atoms with E-state index in [-0.39, 0.29) is 5.57 Å². The third-order valence-electron chi connectivity index (χ3n) is 3.26. The normalized spacial score (nSPS) is 9.87. The number of aryl methyl sites for hydroxylation is 1. The Balaban J connectivity index is 2.01. The number of hydrogen-bond acceptors (Lipinski definition) is 5. The van der Waals surface area contributed by atoms with Crippen LogP contribution < -0.4 is 5.32 Å². The fourth-order valence-corrected chi connectivity index (χ4v) is 2.24. The van der Waals surface area contributed by atoms with E-state index >= 15 is 0 Å². The number of allylic oxidation sites excluding steroid dienone is 1. The van der Waals surface area contributed by atoms with E-state index in [0.717, 1.165) is 28.3 Å². The molecule has 2 aromatic heterocycles. The second kappa shape index (κ2) is 6.00. The van der Waals surface area contributed by atoms with E-state index in [1.807, 2.05) is 55.5 Å². The zero-order chi connectivity index (χ0) is 16.2. The van der Waals surface area contributed by atoms with Crippen LogP contribution in [0.3, 0.4) is 0 Å². The van der Waals surface area contributed by atoms with Gasteiger partial charge in [-0.3, -0.25) is 0 Å². The first-order valence-corrected chi connectivity index (χ1v) is 6.90. The quantitative estimate of drug-likeness (QED) is 0.751. The average Bonchev–Trinajstić information content (AvgIpc) is 2.96. The van der Waals surface area contributed by atoms with Gasteiger partial charge in [-0.2, -0.15) is 15.6 Å². The van der Waals surface area contributed by atoms with Crippen molar-refractivity contribution in [3.63, 3.8) is 0 Å². The lowest BCUT2D eigenvalue weighted by Crippen LogP contribution is -1.96. The van der Waals surface area contributed by atoms with Gasteiger partial charge in [0.25, 0.3) is 0 Å². The standard InChI is InChI=1S/C17H12N6/c1-12-7-17-20-6-5-16(23(17)22-12)14-3-2-4-15(8-14)21-11-13(9-18)10-19/h2-8,11,21H,1H3. The van der Waals surface area contributed by atoms with Gasteiger partial charge >= 0.3 is 0 Å². The van der Waals surface area contributed by atoms with Gasteiger partial charge < -0.3 is 5.32 Å². The average molecular weight is 300 g/mol. The molecular weight excluding hydrogens is 288 g/mol. The first-order chi connectivity index (χ1) is 11.2. The van der Waals surface area contributed by atoms with Crippen LogP contribution in [-0.2, 0) is 0 Å². The van der Waals surface area contributed by atoms with E-state index < -0.39 is 0 Å². The van der Waals surface area contributed by atoms with Gasteiger partial charge in [0.05, 0.1) is 11.4 Å². The summed E-state index contributed by atoms with van der Waals surface area (Å²) in [5.41, 5.74) is 4.35. The predicted octanol–water partition coefficient (Wildman–Crippen LogP) is 3.05. The van der Waals surface area contributed by atoms with E-state index in [1.54, 1.807) is 10.7 Å². The summed E-state index contributed by atoms with van der Waals surface area (Å²) >= 11 is 0. The Bertz CT molecular complexity index is 968. The number of benzene rings is 1. The zero-order valence-electron chi connectivity index (χ0n) is 12.4. The van der Waals surface area contributed by atoms with Gasteiger partial charge in [0.2, 0.25) is 0 Å². The molecule has 6 nitrogen and oxygen atoms in total. The van der Waals surface area contributed by atoms with Crippen LogP contribution in [0.4, 0.5) is 5.69 Å². The van der Waals surface area contributed by atoms with Crippen LogP contribution in [0.1, 0.15) is 5.69 Å². The van der Waals surface area contributed by atoms with Gasteiger partial charge in [-0.15, -0.1) is 0 Å². The van der Waals surface area contributed by atoms with Crippen molar-refractivity contribution in [2.24, 2.45) is 0 Å². The van der Waals surface area contributed by atoms with Crippen LogP contribution in [-0.4, -0.2) is 14.6 Å². The monoisotopic (exact) mass is 300 g/mol. The van der Waals surface area contributed by atoms with Crippen molar-refractivity contribution in [1.29, 1.82) is 10.5 Å². The van der Waals surface area contributed by atoms with Crippen LogP contribution in [0, 0.1) is 29.6 Å². The summed E-state index contributed by atoms with van der Waals surface area (Å²) in [4.78, 5) is 4.30. The maximum absolute atomic E-state index is 8.76. The highest BCUT2D eigenvalue weighted by atomic mass is 15.3. The van der Waals surface area contributed by atoms with Crippen molar-refractivity contribution in [2.75, 3.05) is 5.32 Å². The van der Waals surface area contributed by atoms with Gasteiger partial charge in [-0.25, -0.2) is 9.50 Å². The molecule has 6 heteroatoms. The topological polar surface area (TPSA) is 89.8 Å². The molecule has 0 radical (unpaired) electrons. The fraction of sp³-hybridized carbons (Fsp3) is 0.0588. The number of nitrogens with one attached hydrogen (secondary N) is 1. The summed E-state index contributed by atoms with van der Waals surface area (Å²) in [6, 6.07) is 15.1. The first kappa shape index (κ1) is 14.3. The zero-order valence-corrected chi connectivity index (χ0v) is 12.4. The number of rotatable bonds is 3. The Morgan fingerprint density at radius 2 is 2.04 bits per heavy atom. The molecule has 3 rings (SSSR count). The molecule has 3 aromatic rings. The SMILES string of the molecule is Cc1cc2nccc(-c3cccc(NC=C(C#N)C#N)c3)n2n1. The van der Waals surface area contributed by atoms with Crippen molar-refractivity contribution in [1.82, 2.24) is 14.6 Å². The molecule has 1 aromatic carbocycles. The number of anilines is 1. The second-order valence-electron chi connectivity index (χ2n) is 4.89. The minimum absolute atomic E-state index is 0.0180. The molecular formula is C17H12N6. The molecule has 0 atom stereocenters. The number of nitriles is 2. The Morgan fingerprint density at radius 3 is 2.83 bits per heavy atom. The molecule has 0 aliphatic heterocycles. The molecule has 0 spiro atoms. The Kier molecular flexibility index (Phi) is 3.73. The lowest BCUT2D eigenvalue weighted by atomic mass is 10.1. The van der Waals surface area contributed by atoms with Crippen LogP contribution in [0.2, 0.25) is 0 Å². The summed E-state index contributed by atoms with van der Waals surface area (Å²) < 4.78 is 1.79. The van der Waals surface area contributed by atoms with Crippen molar-refractivity contribution in [3.8, 4) is 23.4 Å². The van der Waals surface area contributed by atoms with Crippen molar-refractivity contribution in [2.45, 2.75) is 6.92 Å². The highest BCUT2D eigenvalue weighted by Crippen LogP contribution is 2.23. The summed E-state index contributed by atoms with van der Waals surface area (Å²) in [5, 5.41) is 24.9. The van der Waals surface area contributed by atoms with Gasteiger partial charge in [0.15, 0.2) is 5.65 Å². The summed E-state index contributed by atoms with van der Waals surface area (Å²) in [6.07, 6.45) is 3.13. The highest BCUT2D eigenvalue weighted by molar-refractivity contribution is 5.67. The molecule has 0 amide bonds. The summed E-state index contributed by atoms with van der Waals surface area (Å²) in [5.74, 6) is 0. The Hall–Kier alpha value is -3.64. The third kappa shape index (κ3) is 2.87. The number of nitrogens with zero attached hydrogens (tertiary/aromatic N) is 5. The van der Waals surface area contributed by atoms with Crippen LogP contribution in [0.25, 0.3) is 16.9 Å². The van der Waals surface area contributed by atoms with E-state index in [0.29, 0.717) is 0 Å². The first-order valence-electron chi connectivity index (χ1n) is 6.90. The van der Waals surface area contributed by atoms with Crippen molar-refractivity contribution < 1.29 is 0 Å². The fourth-order valence-electron chi connectivity index (χ4n) is 2.24. The summed E-state index contributed by atoms with van der Waals surface area (Å²) in [7, 11) is 0. The largest absolute Gasteiger partial charge is 0.360 e. The van der Waals surface area contributed by atoms with Gasteiger partial charge in [-0.05, 0) is 25.1 Å². The second-order valence-corrected chi connectivity index (χ2v) is 4.89. The molecule has 0 fully saturated rings. The highest BCUT2D eigenvalue weighted by Gasteiger charge is 2.07. The maximum atomic E-state index is 8.76. The molecule has 110 valence electrons. The van der Waals surface area contributed by atoms with Gasteiger partial charge in [0, 0.05) is 29.7 Å². The van der Waals surface area contributed by atoms with Crippen LogP contribution in [0.15, 0.2) is 54.4 Å². The molecule has 0 bridgehead atoms. The molecule has 0 saturated carbocycles. The lowest BCUT2D eigenvalue weighted by Gasteiger charge is -2.07. The Morgan fingerprint density at radius 1 is 1.22 bits per heavy atom. The summed E-state index contributed by atoms with van der Waals surface area (Å²) in [6.45, 7) is 1.92. The Labute approximate surface area is 132 Å². The van der Waals surface area contributed by atoms with Gasteiger partial charge in [0.1, 0.15) is 17.7 Å².